The van der Waals surface area contributed by atoms with Crippen molar-refractivity contribution in [1.82, 2.24) is 5.43 Å². The number of carbonyl (C=O) groups excluding carboxylic acids is 1. The maximum Gasteiger partial charge on any atom is 0.275 e. The first kappa shape index (κ1) is 14.2. The van der Waals surface area contributed by atoms with Crippen LogP contribution in [0.3, 0.4) is 0 Å². The van der Waals surface area contributed by atoms with Gasteiger partial charge in [0.2, 0.25) is 0 Å². The number of nitrogens with one attached hydrogen (secondary N) is 1. The van der Waals surface area contributed by atoms with Gasteiger partial charge in [0.25, 0.3) is 5.91 Å². The van der Waals surface area contributed by atoms with E-state index in [4.69, 9.17) is 10.2 Å². The molecule has 0 saturated heterocycles. The number of carbonyl (C=O) groups is 1. The highest BCUT2D eigenvalue weighted by Gasteiger charge is 2.10. The molecule has 7 nitrogen and oxygen atoms in total. The number of hydrogen-bond donors (Lipinski definition) is 5. The van der Waals surface area contributed by atoms with Gasteiger partial charge in [-0.05, 0) is 35.9 Å². The van der Waals surface area contributed by atoms with E-state index in [-0.39, 0.29) is 28.6 Å². The molecule has 7 heteroatoms. The van der Waals surface area contributed by atoms with Crippen LogP contribution in [-0.4, -0.2) is 32.5 Å². The second-order valence-corrected chi connectivity index (χ2v) is 4.15. The lowest BCUT2D eigenvalue weighted by molar-refractivity contribution is 0.0952. The Morgan fingerprint density at radius 2 is 1.71 bits per heavy atom. The van der Waals surface area contributed by atoms with Crippen molar-refractivity contribution in [3.05, 3.63) is 47.5 Å². The molecule has 0 atom stereocenters. The van der Waals surface area contributed by atoms with Crippen molar-refractivity contribution in [2.75, 3.05) is 0 Å². The van der Waals surface area contributed by atoms with Crippen molar-refractivity contribution in [1.29, 1.82) is 0 Å². The summed E-state index contributed by atoms with van der Waals surface area (Å²) in [7, 11) is 0. The van der Waals surface area contributed by atoms with Crippen LogP contribution in [0.25, 0.3) is 0 Å². The topological polar surface area (TPSA) is 122 Å². The SMILES string of the molecule is O=C(N/N=C/c1ccc(O)c(O)c1)c1ccc(O)cc1O. The monoisotopic (exact) mass is 288 g/mol. The lowest BCUT2D eigenvalue weighted by Gasteiger charge is -2.03. The number of nitrogens with zero attached hydrogens (tertiary/aromatic N) is 1. The van der Waals surface area contributed by atoms with Crippen LogP contribution in [0.2, 0.25) is 0 Å². The minimum Gasteiger partial charge on any atom is -0.508 e. The fourth-order valence-corrected chi connectivity index (χ4v) is 1.56. The molecular weight excluding hydrogens is 276 g/mol. The van der Waals surface area contributed by atoms with E-state index in [1.807, 2.05) is 0 Å². The molecule has 0 heterocycles. The van der Waals surface area contributed by atoms with E-state index in [0.717, 1.165) is 6.07 Å². The van der Waals surface area contributed by atoms with Crippen molar-refractivity contribution >= 4 is 12.1 Å². The summed E-state index contributed by atoms with van der Waals surface area (Å²) in [6.45, 7) is 0. The van der Waals surface area contributed by atoms with Crippen molar-refractivity contribution in [3.63, 3.8) is 0 Å². The maximum atomic E-state index is 11.7. The molecule has 0 radical (unpaired) electrons. The number of rotatable bonds is 3. The Hall–Kier alpha value is -3.22. The van der Waals surface area contributed by atoms with Gasteiger partial charge < -0.3 is 20.4 Å². The first-order chi connectivity index (χ1) is 9.97. The van der Waals surface area contributed by atoms with Crippen molar-refractivity contribution in [3.8, 4) is 23.0 Å². The average molecular weight is 288 g/mol. The molecule has 108 valence electrons. The number of hydrazone groups is 1. The molecular formula is C14H12N2O5. The van der Waals surface area contributed by atoms with Gasteiger partial charge in [-0.2, -0.15) is 5.10 Å². The van der Waals surface area contributed by atoms with Gasteiger partial charge in [-0.25, -0.2) is 5.43 Å². The van der Waals surface area contributed by atoms with E-state index < -0.39 is 5.91 Å². The minimum atomic E-state index is -0.660. The predicted molar refractivity (Wildman–Crippen MR) is 74.6 cm³/mol. The second kappa shape index (κ2) is 5.83. The third-order valence-electron chi connectivity index (χ3n) is 2.61. The Bertz CT molecular complexity index is 713. The Kier molecular flexibility index (Phi) is 3.94. The Morgan fingerprint density at radius 3 is 2.38 bits per heavy atom. The molecule has 5 N–H and O–H groups in total. The van der Waals surface area contributed by atoms with Gasteiger partial charge in [-0.3, -0.25) is 4.79 Å². The van der Waals surface area contributed by atoms with E-state index in [9.17, 15) is 15.0 Å². The van der Waals surface area contributed by atoms with Crippen LogP contribution in [-0.2, 0) is 0 Å². The van der Waals surface area contributed by atoms with Crippen LogP contribution in [0.4, 0.5) is 0 Å². The summed E-state index contributed by atoms with van der Waals surface area (Å²) < 4.78 is 0. The third kappa shape index (κ3) is 3.41. The second-order valence-electron chi connectivity index (χ2n) is 4.15. The minimum absolute atomic E-state index is 0.0431. The van der Waals surface area contributed by atoms with Crippen LogP contribution in [0.15, 0.2) is 41.5 Å². The molecule has 0 fully saturated rings. The normalized spacial score (nSPS) is 10.7. The largest absolute Gasteiger partial charge is 0.508 e. The average Bonchev–Trinajstić information content (AvgIpc) is 2.42. The molecule has 2 aromatic carbocycles. The summed E-state index contributed by atoms with van der Waals surface area (Å²) >= 11 is 0. The van der Waals surface area contributed by atoms with Gasteiger partial charge in [0, 0.05) is 6.07 Å². The van der Waals surface area contributed by atoms with Crippen molar-refractivity contribution in [2.45, 2.75) is 0 Å². The molecule has 0 aliphatic rings. The third-order valence-corrected chi connectivity index (χ3v) is 2.61. The van der Waals surface area contributed by atoms with Crippen LogP contribution < -0.4 is 5.43 Å². The molecule has 0 spiro atoms. The summed E-state index contributed by atoms with van der Waals surface area (Å²) in [4.78, 5) is 11.7. The molecule has 0 aliphatic carbocycles. The van der Waals surface area contributed by atoms with E-state index in [0.29, 0.717) is 5.56 Å². The number of phenols is 4. The lowest BCUT2D eigenvalue weighted by Crippen LogP contribution is -2.17. The first-order valence-corrected chi connectivity index (χ1v) is 5.85. The summed E-state index contributed by atoms with van der Waals surface area (Å²) in [5.41, 5.74) is 2.60. The zero-order chi connectivity index (χ0) is 15.4. The van der Waals surface area contributed by atoms with Gasteiger partial charge >= 0.3 is 0 Å². The fourth-order valence-electron chi connectivity index (χ4n) is 1.56. The quantitative estimate of drug-likeness (QED) is 0.331. The van der Waals surface area contributed by atoms with Crippen LogP contribution >= 0.6 is 0 Å². The number of benzene rings is 2. The van der Waals surface area contributed by atoms with E-state index in [2.05, 4.69) is 10.5 Å². The van der Waals surface area contributed by atoms with Crippen LogP contribution in [0.5, 0.6) is 23.0 Å². The molecule has 2 aromatic rings. The zero-order valence-corrected chi connectivity index (χ0v) is 10.7. The maximum absolute atomic E-state index is 11.7. The van der Waals surface area contributed by atoms with E-state index >= 15 is 0 Å². The summed E-state index contributed by atoms with van der Waals surface area (Å²) in [5.74, 6) is -1.75. The Labute approximate surface area is 119 Å². The van der Waals surface area contributed by atoms with Crippen LogP contribution in [0.1, 0.15) is 15.9 Å². The Balaban J connectivity index is 2.06. The summed E-state index contributed by atoms with van der Waals surface area (Å²) in [5, 5.41) is 40.7. The molecule has 0 unspecified atom stereocenters. The Morgan fingerprint density at radius 1 is 0.952 bits per heavy atom. The predicted octanol–water partition coefficient (Wildman–Crippen LogP) is 1.27. The van der Waals surface area contributed by atoms with Gasteiger partial charge in [-0.15, -0.1) is 0 Å². The number of amides is 1. The van der Waals surface area contributed by atoms with E-state index in [1.165, 1.54) is 36.5 Å². The van der Waals surface area contributed by atoms with Gasteiger partial charge in [-0.1, -0.05) is 0 Å². The highest BCUT2D eigenvalue weighted by Crippen LogP contribution is 2.24. The van der Waals surface area contributed by atoms with Crippen molar-refractivity contribution in [2.24, 2.45) is 5.10 Å². The van der Waals surface area contributed by atoms with Gasteiger partial charge in [0.1, 0.15) is 11.5 Å². The smallest absolute Gasteiger partial charge is 0.275 e. The van der Waals surface area contributed by atoms with Crippen molar-refractivity contribution < 1.29 is 25.2 Å². The molecule has 0 aliphatic heterocycles. The molecule has 0 saturated carbocycles. The highest BCUT2D eigenvalue weighted by atomic mass is 16.3. The molecule has 2 rings (SSSR count). The highest BCUT2D eigenvalue weighted by molar-refractivity contribution is 5.97. The first-order valence-electron chi connectivity index (χ1n) is 5.85. The number of aromatic hydroxyl groups is 4. The molecule has 0 aromatic heterocycles. The van der Waals surface area contributed by atoms with Gasteiger partial charge in [0.15, 0.2) is 11.5 Å². The number of phenolic OH excluding ortho intramolecular Hbond substituents is 4. The summed E-state index contributed by atoms with van der Waals surface area (Å²) in [6, 6.07) is 7.59. The lowest BCUT2D eigenvalue weighted by atomic mass is 10.2. The standard InChI is InChI=1S/C14H12N2O5/c17-9-2-3-10(12(19)6-9)14(21)16-15-7-8-1-4-11(18)13(20)5-8/h1-7,17-20H,(H,16,21)/b15-7+. The fraction of sp³-hybridized carbons (Fsp3) is 0. The molecule has 21 heavy (non-hydrogen) atoms. The van der Waals surface area contributed by atoms with Gasteiger partial charge in [0.05, 0.1) is 11.8 Å². The zero-order valence-electron chi connectivity index (χ0n) is 10.7. The molecule has 0 bridgehead atoms. The van der Waals surface area contributed by atoms with Crippen LogP contribution in [0, 0.1) is 0 Å². The molecule has 1 amide bonds. The number of hydrogen-bond acceptors (Lipinski definition) is 6. The summed E-state index contributed by atoms with van der Waals surface area (Å²) in [6.07, 6.45) is 1.26. The van der Waals surface area contributed by atoms with E-state index in [1.54, 1.807) is 0 Å².